The van der Waals surface area contributed by atoms with Crippen LogP contribution in [0.2, 0.25) is 0 Å². The number of quaternary nitrogens is 1. The lowest BCUT2D eigenvalue weighted by atomic mass is 10.0. The molecule has 5 nitrogen and oxygen atoms in total. The SMILES string of the molecule is O=C(C[C@H]([NH2+]Cc1ccco1)C(=O)[O-])c1ccc(Br)cc1. The number of hydrogen-bond acceptors (Lipinski definition) is 4. The third kappa shape index (κ3) is 4.54. The van der Waals surface area contributed by atoms with Gasteiger partial charge in [0.1, 0.15) is 12.6 Å². The van der Waals surface area contributed by atoms with Crippen LogP contribution < -0.4 is 10.4 Å². The van der Waals surface area contributed by atoms with Gasteiger partial charge in [-0.2, -0.15) is 0 Å². The molecular formula is C15H14BrNO4. The highest BCUT2D eigenvalue weighted by molar-refractivity contribution is 9.10. The zero-order valence-corrected chi connectivity index (χ0v) is 12.7. The third-order valence-corrected chi connectivity index (χ3v) is 3.59. The fraction of sp³-hybridized carbons (Fsp3) is 0.200. The molecule has 6 heteroatoms. The van der Waals surface area contributed by atoms with Gasteiger partial charge < -0.3 is 19.6 Å². The summed E-state index contributed by atoms with van der Waals surface area (Å²) in [7, 11) is 0. The Morgan fingerprint density at radius 2 is 1.95 bits per heavy atom. The number of furan rings is 1. The lowest BCUT2D eigenvalue weighted by Gasteiger charge is -2.15. The summed E-state index contributed by atoms with van der Waals surface area (Å²) in [5.41, 5.74) is 0.482. The molecule has 1 atom stereocenters. The number of rotatable bonds is 7. The fourth-order valence-electron chi connectivity index (χ4n) is 1.90. The van der Waals surface area contributed by atoms with Crippen molar-refractivity contribution in [3.05, 3.63) is 58.5 Å². The molecule has 0 bridgehead atoms. The first kappa shape index (κ1) is 15.5. The molecule has 2 N–H and O–H groups in total. The van der Waals surface area contributed by atoms with Crippen molar-refractivity contribution in [3.63, 3.8) is 0 Å². The van der Waals surface area contributed by atoms with Crippen molar-refractivity contribution < 1.29 is 24.4 Å². The van der Waals surface area contributed by atoms with Crippen LogP contribution in [0.1, 0.15) is 22.5 Å². The molecule has 0 fully saturated rings. The minimum Gasteiger partial charge on any atom is -0.544 e. The maximum atomic E-state index is 12.1. The quantitative estimate of drug-likeness (QED) is 0.735. The molecule has 110 valence electrons. The average molecular weight is 352 g/mol. The van der Waals surface area contributed by atoms with Crippen LogP contribution in [0, 0.1) is 0 Å². The number of benzene rings is 1. The molecule has 2 aromatic rings. The molecule has 0 aliphatic carbocycles. The van der Waals surface area contributed by atoms with Gasteiger partial charge in [-0.3, -0.25) is 4.79 Å². The van der Waals surface area contributed by atoms with Gasteiger partial charge in [0, 0.05) is 10.0 Å². The van der Waals surface area contributed by atoms with Gasteiger partial charge in [0.15, 0.2) is 11.5 Å². The predicted molar refractivity (Wildman–Crippen MR) is 76.2 cm³/mol. The topological polar surface area (TPSA) is 87.0 Å². The number of hydrogen-bond donors (Lipinski definition) is 1. The van der Waals surface area contributed by atoms with Gasteiger partial charge in [-0.15, -0.1) is 0 Å². The zero-order valence-electron chi connectivity index (χ0n) is 11.1. The number of carboxylic acids is 1. The molecule has 0 saturated carbocycles. The molecule has 0 unspecified atom stereocenters. The first-order valence-corrected chi connectivity index (χ1v) is 7.21. The molecule has 0 aliphatic rings. The number of carbonyl (C=O) groups is 2. The first-order chi connectivity index (χ1) is 10.1. The van der Waals surface area contributed by atoms with Crippen LogP contribution in [0.25, 0.3) is 0 Å². The highest BCUT2D eigenvalue weighted by Crippen LogP contribution is 2.12. The van der Waals surface area contributed by atoms with E-state index in [9.17, 15) is 14.7 Å². The smallest absolute Gasteiger partial charge is 0.169 e. The molecule has 0 spiro atoms. The van der Waals surface area contributed by atoms with Gasteiger partial charge in [0.2, 0.25) is 0 Å². The summed E-state index contributed by atoms with van der Waals surface area (Å²) in [6.45, 7) is 0.346. The summed E-state index contributed by atoms with van der Waals surface area (Å²) in [5.74, 6) is -0.836. The second-order valence-corrected chi connectivity index (χ2v) is 5.49. The van der Waals surface area contributed by atoms with Gasteiger partial charge in [0.25, 0.3) is 0 Å². The molecule has 1 heterocycles. The zero-order chi connectivity index (χ0) is 15.2. The third-order valence-electron chi connectivity index (χ3n) is 3.06. The maximum Gasteiger partial charge on any atom is 0.169 e. The Morgan fingerprint density at radius 1 is 1.24 bits per heavy atom. The van der Waals surface area contributed by atoms with Gasteiger partial charge in [0.05, 0.1) is 18.7 Å². The maximum absolute atomic E-state index is 12.1. The van der Waals surface area contributed by atoms with E-state index < -0.39 is 12.0 Å². The van der Waals surface area contributed by atoms with Gasteiger partial charge in [-0.05, 0) is 24.3 Å². The largest absolute Gasteiger partial charge is 0.544 e. The Bertz CT molecular complexity index is 607. The van der Waals surface area contributed by atoms with Crippen LogP contribution in [-0.4, -0.2) is 17.8 Å². The molecule has 1 aromatic carbocycles. The van der Waals surface area contributed by atoms with Crippen molar-refractivity contribution >= 4 is 27.7 Å². The molecule has 0 aliphatic heterocycles. The Kier molecular flexibility index (Phi) is 5.30. The van der Waals surface area contributed by atoms with Gasteiger partial charge in [-0.1, -0.05) is 28.1 Å². The highest BCUT2D eigenvalue weighted by atomic mass is 79.9. The second-order valence-electron chi connectivity index (χ2n) is 4.58. The number of nitrogens with two attached hydrogens (primary N) is 1. The monoisotopic (exact) mass is 351 g/mol. The average Bonchev–Trinajstić information content (AvgIpc) is 2.96. The van der Waals surface area contributed by atoms with Gasteiger partial charge in [-0.25, -0.2) is 0 Å². The Balaban J connectivity index is 1.97. The minimum atomic E-state index is -1.26. The van der Waals surface area contributed by atoms with Crippen molar-refractivity contribution in [1.29, 1.82) is 0 Å². The molecule has 0 radical (unpaired) electrons. The second kappa shape index (κ2) is 7.19. The summed E-state index contributed by atoms with van der Waals surface area (Å²) >= 11 is 3.28. The van der Waals surface area contributed by atoms with Crippen molar-refractivity contribution in [2.75, 3.05) is 0 Å². The van der Waals surface area contributed by atoms with Crippen LogP contribution in [-0.2, 0) is 11.3 Å². The van der Waals surface area contributed by atoms with Crippen molar-refractivity contribution in [3.8, 4) is 0 Å². The summed E-state index contributed by atoms with van der Waals surface area (Å²) in [4.78, 5) is 23.2. The lowest BCUT2D eigenvalue weighted by molar-refractivity contribution is -0.698. The molecule has 0 saturated heterocycles. The number of carboxylic acid groups (broad SMARTS) is 1. The first-order valence-electron chi connectivity index (χ1n) is 6.41. The number of ketones is 1. The van der Waals surface area contributed by atoms with Crippen LogP contribution >= 0.6 is 15.9 Å². The van der Waals surface area contributed by atoms with E-state index in [1.54, 1.807) is 36.4 Å². The van der Waals surface area contributed by atoms with E-state index in [1.165, 1.54) is 11.6 Å². The summed E-state index contributed by atoms with van der Waals surface area (Å²) in [6.07, 6.45) is 1.40. The van der Waals surface area contributed by atoms with Crippen LogP contribution in [0.15, 0.2) is 51.6 Å². The van der Waals surface area contributed by atoms with E-state index in [-0.39, 0.29) is 12.2 Å². The molecule has 0 amide bonds. The van der Waals surface area contributed by atoms with E-state index in [1.807, 2.05) is 0 Å². The minimum absolute atomic E-state index is 0.120. The van der Waals surface area contributed by atoms with E-state index in [4.69, 9.17) is 4.42 Å². The molecule has 21 heavy (non-hydrogen) atoms. The van der Waals surface area contributed by atoms with Crippen LogP contribution in [0.3, 0.4) is 0 Å². The van der Waals surface area contributed by atoms with Crippen molar-refractivity contribution in [2.45, 2.75) is 19.0 Å². The predicted octanol–water partition coefficient (Wildman–Crippen LogP) is 0.497. The highest BCUT2D eigenvalue weighted by Gasteiger charge is 2.19. The number of aliphatic carboxylic acids is 1. The Labute approximate surface area is 130 Å². The molecular weight excluding hydrogens is 338 g/mol. The lowest BCUT2D eigenvalue weighted by Crippen LogP contribution is -2.92. The molecule has 2 rings (SSSR count). The van der Waals surface area contributed by atoms with E-state index in [0.717, 1.165) is 4.47 Å². The number of Topliss-reactive ketones (excluding diaryl/α,β-unsaturated/α-hetero) is 1. The summed E-state index contributed by atoms with van der Waals surface area (Å²) < 4.78 is 5.99. The summed E-state index contributed by atoms with van der Waals surface area (Å²) in [6, 6.07) is 9.34. The Morgan fingerprint density at radius 3 is 2.52 bits per heavy atom. The Hall–Kier alpha value is -1.92. The van der Waals surface area contributed by atoms with E-state index in [0.29, 0.717) is 17.9 Å². The van der Waals surface area contributed by atoms with Crippen LogP contribution in [0.5, 0.6) is 0 Å². The standard InChI is InChI=1S/C15H14BrNO4/c16-11-5-3-10(4-6-11)14(18)8-13(15(19)20)17-9-12-2-1-7-21-12/h1-7,13,17H,8-9H2,(H,19,20)/t13-/m0/s1. The van der Waals surface area contributed by atoms with Crippen molar-refractivity contribution in [1.82, 2.24) is 0 Å². The summed E-state index contributed by atoms with van der Waals surface area (Å²) in [5, 5.41) is 12.7. The number of carbonyl (C=O) groups excluding carboxylic acids is 2. The van der Waals surface area contributed by atoms with Crippen LogP contribution in [0.4, 0.5) is 0 Å². The number of halogens is 1. The van der Waals surface area contributed by atoms with Gasteiger partial charge >= 0.3 is 0 Å². The van der Waals surface area contributed by atoms with E-state index in [2.05, 4.69) is 15.9 Å². The normalized spacial score (nSPS) is 12.0. The van der Waals surface area contributed by atoms with E-state index >= 15 is 0 Å². The molecule has 1 aromatic heterocycles. The van der Waals surface area contributed by atoms with Crippen molar-refractivity contribution in [2.24, 2.45) is 0 Å². The fourth-order valence-corrected chi connectivity index (χ4v) is 2.17.